The second kappa shape index (κ2) is 5.17. The largest absolute Gasteiger partial charge is 0.341 e. The molecule has 0 atom stereocenters. The van der Waals surface area contributed by atoms with Gasteiger partial charge in [-0.05, 0) is 19.1 Å². The molecule has 0 aliphatic carbocycles. The highest BCUT2D eigenvalue weighted by atomic mass is 14.9. The summed E-state index contributed by atoms with van der Waals surface area (Å²) in [5.41, 5.74) is 1.93. The highest BCUT2D eigenvalue weighted by molar-refractivity contribution is 5.48. The average Bonchev–Trinajstić information content (AvgIpc) is 2.69. The van der Waals surface area contributed by atoms with Crippen molar-refractivity contribution in [2.75, 3.05) is 0 Å². The number of imidazole rings is 1. The minimum atomic E-state index is 0.827. The van der Waals surface area contributed by atoms with E-state index in [1.807, 2.05) is 39.0 Å². The van der Waals surface area contributed by atoms with Crippen molar-refractivity contribution in [3.05, 3.63) is 36.3 Å². The normalized spacial score (nSPS) is 9.07. The second-order valence-electron chi connectivity index (χ2n) is 2.63. The van der Waals surface area contributed by atoms with E-state index in [0.29, 0.717) is 0 Å². The Bertz CT molecular complexity index is 365. The van der Waals surface area contributed by atoms with Crippen LogP contribution < -0.4 is 0 Å². The number of hydrogen-bond donors (Lipinski definition) is 1. The first kappa shape index (κ1) is 10.4. The van der Waals surface area contributed by atoms with Gasteiger partial charge in [0.25, 0.3) is 0 Å². The molecule has 0 aliphatic rings. The molecule has 2 heterocycles. The molecule has 2 aromatic heterocycles. The van der Waals surface area contributed by atoms with Gasteiger partial charge in [-0.25, -0.2) is 4.98 Å². The monoisotopic (exact) mass is 189 g/mol. The van der Waals surface area contributed by atoms with E-state index in [4.69, 9.17) is 0 Å². The van der Waals surface area contributed by atoms with Crippen LogP contribution in [0.5, 0.6) is 0 Å². The molecule has 2 aromatic rings. The lowest BCUT2D eigenvalue weighted by Crippen LogP contribution is -1.83. The standard InChI is InChI=1S/C9H9N3.C2H6/c1-7-6-11-9(12-7)8-4-2-3-5-10-8;1-2/h2-6H,1H3,(H,11,12);1-2H3. The third-order valence-corrected chi connectivity index (χ3v) is 1.61. The van der Waals surface area contributed by atoms with E-state index >= 15 is 0 Å². The number of pyridine rings is 1. The van der Waals surface area contributed by atoms with Crippen LogP contribution in [-0.4, -0.2) is 15.0 Å². The van der Waals surface area contributed by atoms with Crippen molar-refractivity contribution in [1.29, 1.82) is 0 Å². The third-order valence-electron chi connectivity index (χ3n) is 1.61. The molecule has 0 bridgehead atoms. The number of nitrogens with one attached hydrogen (secondary N) is 1. The Morgan fingerprint density at radius 1 is 1.14 bits per heavy atom. The Morgan fingerprint density at radius 3 is 2.43 bits per heavy atom. The lowest BCUT2D eigenvalue weighted by Gasteiger charge is -1.92. The van der Waals surface area contributed by atoms with Crippen LogP contribution in [0.15, 0.2) is 30.6 Å². The molecular weight excluding hydrogens is 174 g/mol. The first-order valence-electron chi connectivity index (χ1n) is 4.79. The van der Waals surface area contributed by atoms with Gasteiger partial charge >= 0.3 is 0 Å². The summed E-state index contributed by atoms with van der Waals surface area (Å²) in [7, 11) is 0. The number of nitrogens with zero attached hydrogens (tertiary/aromatic N) is 2. The SMILES string of the molecule is CC.Cc1cnc(-c2ccccn2)[nH]1. The van der Waals surface area contributed by atoms with Crippen LogP contribution in [0.25, 0.3) is 11.5 Å². The fourth-order valence-electron chi connectivity index (χ4n) is 1.05. The number of hydrogen-bond acceptors (Lipinski definition) is 2. The van der Waals surface area contributed by atoms with E-state index in [1.54, 1.807) is 12.4 Å². The molecule has 14 heavy (non-hydrogen) atoms. The number of aryl methyl sites for hydroxylation is 1. The van der Waals surface area contributed by atoms with Gasteiger partial charge < -0.3 is 4.98 Å². The summed E-state index contributed by atoms with van der Waals surface area (Å²) in [5.74, 6) is 0.827. The molecule has 3 heteroatoms. The topological polar surface area (TPSA) is 41.6 Å². The predicted molar refractivity (Wildman–Crippen MR) is 57.9 cm³/mol. The molecule has 0 saturated carbocycles. The maximum absolute atomic E-state index is 4.17. The minimum absolute atomic E-state index is 0.827. The van der Waals surface area contributed by atoms with Crippen LogP contribution in [0.2, 0.25) is 0 Å². The van der Waals surface area contributed by atoms with Crippen molar-refractivity contribution in [1.82, 2.24) is 15.0 Å². The zero-order valence-corrected chi connectivity index (χ0v) is 8.78. The summed E-state index contributed by atoms with van der Waals surface area (Å²) < 4.78 is 0. The van der Waals surface area contributed by atoms with E-state index in [0.717, 1.165) is 17.2 Å². The van der Waals surface area contributed by atoms with Crippen LogP contribution in [-0.2, 0) is 0 Å². The molecule has 74 valence electrons. The van der Waals surface area contributed by atoms with Gasteiger partial charge in [0.15, 0.2) is 5.82 Å². The maximum atomic E-state index is 4.17. The van der Waals surface area contributed by atoms with Crippen LogP contribution in [0.3, 0.4) is 0 Å². The molecule has 0 spiro atoms. The number of aromatic amines is 1. The first-order valence-corrected chi connectivity index (χ1v) is 4.79. The van der Waals surface area contributed by atoms with Gasteiger partial charge in [-0.3, -0.25) is 4.98 Å². The molecule has 0 amide bonds. The minimum Gasteiger partial charge on any atom is -0.341 e. The van der Waals surface area contributed by atoms with Gasteiger partial charge in [-0.1, -0.05) is 19.9 Å². The first-order chi connectivity index (χ1) is 6.86. The molecule has 2 rings (SSSR count). The second-order valence-corrected chi connectivity index (χ2v) is 2.63. The highest BCUT2D eigenvalue weighted by Gasteiger charge is 1.99. The van der Waals surface area contributed by atoms with Crippen molar-refractivity contribution >= 4 is 0 Å². The summed E-state index contributed by atoms with van der Waals surface area (Å²) in [6, 6.07) is 5.76. The summed E-state index contributed by atoms with van der Waals surface area (Å²) in [5, 5.41) is 0. The zero-order valence-electron chi connectivity index (χ0n) is 8.78. The van der Waals surface area contributed by atoms with Gasteiger partial charge in [0.1, 0.15) is 5.69 Å². The molecule has 0 saturated heterocycles. The van der Waals surface area contributed by atoms with E-state index in [2.05, 4.69) is 15.0 Å². The summed E-state index contributed by atoms with van der Waals surface area (Å²) in [6.45, 7) is 5.97. The Balaban J connectivity index is 0.000000461. The summed E-state index contributed by atoms with van der Waals surface area (Å²) >= 11 is 0. The van der Waals surface area contributed by atoms with Crippen LogP contribution in [0, 0.1) is 6.92 Å². The quantitative estimate of drug-likeness (QED) is 0.749. The molecule has 0 unspecified atom stereocenters. The average molecular weight is 189 g/mol. The fraction of sp³-hybridized carbons (Fsp3) is 0.273. The van der Waals surface area contributed by atoms with E-state index in [1.165, 1.54) is 0 Å². The van der Waals surface area contributed by atoms with Gasteiger partial charge in [-0.2, -0.15) is 0 Å². The van der Waals surface area contributed by atoms with Gasteiger partial charge in [0.2, 0.25) is 0 Å². The lowest BCUT2D eigenvalue weighted by molar-refractivity contribution is 1.20. The number of rotatable bonds is 1. The van der Waals surface area contributed by atoms with Gasteiger partial charge in [0.05, 0.1) is 0 Å². The Labute approximate surface area is 84.2 Å². The molecule has 3 nitrogen and oxygen atoms in total. The molecule has 0 fully saturated rings. The molecule has 1 N–H and O–H groups in total. The van der Waals surface area contributed by atoms with Crippen molar-refractivity contribution in [3.8, 4) is 11.5 Å². The number of H-pyrrole nitrogens is 1. The Kier molecular flexibility index (Phi) is 3.85. The summed E-state index contributed by atoms with van der Waals surface area (Å²) in [4.78, 5) is 11.5. The highest BCUT2D eigenvalue weighted by Crippen LogP contribution is 2.10. The van der Waals surface area contributed by atoms with Crippen molar-refractivity contribution in [2.45, 2.75) is 20.8 Å². The molecule has 0 radical (unpaired) electrons. The van der Waals surface area contributed by atoms with E-state index in [-0.39, 0.29) is 0 Å². The maximum Gasteiger partial charge on any atom is 0.156 e. The smallest absolute Gasteiger partial charge is 0.156 e. The summed E-state index contributed by atoms with van der Waals surface area (Å²) in [6.07, 6.45) is 3.55. The van der Waals surface area contributed by atoms with Gasteiger partial charge in [0, 0.05) is 18.1 Å². The van der Waals surface area contributed by atoms with Crippen molar-refractivity contribution in [3.63, 3.8) is 0 Å². The molecule has 0 aliphatic heterocycles. The number of aromatic nitrogens is 3. The van der Waals surface area contributed by atoms with E-state index in [9.17, 15) is 0 Å². The van der Waals surface area contributed by atoms with E-state index < -0.39 is 0 Å². The molecule has 0 aromatic carbocycles. The molecular formula is C11H15N3. The zero-order chi connectivity index (χ0) is 10.4. The third kappa shape index (κ3) is 2.42. The predicted octanol–water partition coefficient (Wildman–Crippen LogP) is 2.81. The van der Waals surface area contributed by atoms with Crippen molar-refractivity contribution in [2.24, 2.45) is 0 Å². The Hall–Kier alpha value is -1.64. The van der Waals surface area contributed by atoms with Crippen LogP contribution >= 0.6 is 0 Å². The fourth-order valence-corrected chi connectivity index (χ4v) is 1.05. The lowest BCUT2D eigenvalue weighted by atomic mass is 10.3. The van der Waals surface area contributed by atoms with Gasteiger partial charge in [-0.15, -0.1) is 0 Å². The van der Waals surface area contributed by atoms with Crippen LogP contribution in [0.1, 0.15) is 19.5 Å². The van der Waals surface area contributed by atoms with Crippen molar-refractivity contribution < 1.29 is 0 Å². The van der Waals surface area contributed by atoms with Crippen LogP contribution in [0.4, 0.5) is 0 Å². The Morgan fingerprint density at radius 2 is 1.93 bits per heavy atom.